The Hall–Kier alpha value is -0.225. The Morgan fingerprint density at radius 3 is 2.54 bits per heavy atom. The standard InChI is InChI=1S/C7H7BClFO2S/c1-13-7-2-4(8(11)12)6(10)3-5(7)9/h2-3,11-12H,1H3. The van der Waals surface area contributed by atoms with Crippen molar-refractivity contribution in [3.05, 3.63) is 23.0 Å². The number of hydrogen-bond donors (Lipinski definition) is 2. The predicted molar refractivity (Wildman–Crippen MR) is 53.0 cm³/mol. The van der Waals surface area contributed by atoms with Crippen molar-refractivity contribution < 1.29 is 14.4 Å². The highest BCUT2D eigenvalue weighted by Crippen LogP contribution is 2.24. The minimum absolute atomic E-state index is 0.159. The van der Waals surface area contributed by atoms with E-state index < -0.39 is 12.9 Å². The second kappa shape index (κ2) is 4.33. The molecule has 0 aliphatic rings. The fourth-order valence-electron chi connectivity index (χ4n) is 0.899. The molecule has 1 rings (SSSR count). The van der Waals surface area contributed by atoms with E-state index in [9.17, 15) is 4.39 Å². The molecule has 0 bridgehead atoms. The molecule has 0 aliphatic carbocycles. The van der Waals surface area contributed by atoms with Crippen molar-refractivity contribution in [1.82, 2.24) is 0 Å². The number of thioether (sulfide) groups is 1. The van der Waals surface area contributed by atoms with Gasteiger partial charge in [0.1, 0.15) is 5.82 Å². The molecule has 0 radical (unpaired) electrons. The molecule has 0 atom stereocenters. The van der Waals surface area contributed by atoms with Crippen LogP contribution in [0.1, 0.15) is 0 Å². The second-order valence-corrected chi connectivity index (χ2v) is 3.64. The van der Waals surface area contributed by atoms with Crippen LogP contribution in [0.15, 0.2) is 17.0 Å². The molecular weight excluding hydrogens is 213 g/mol. The molecule has 0 saturated heterocycles. The van der Waals surface area contributed by atoms with Crippen molar-refractivity contribution >= 4 is 35.9 Å². The molecule has 0 saturated carbocycles. The molecule has 0 unspecified atom stereocenters. The van der Waals surface area contributed by atoms with Gasteiger partial charge in [-0.2, -0.15) is 0 Å². The van der Waals surface area contributed by atoms with Gasteiger partial charge in [-0.05, 0) is 18.4 Å². The fourth-order valence-corrected chi connectivity index (χ4v) is 1.78. The summed E-state index contributed by atoms with van der Waals surface area (Å²) in [5, 5.41) is 17.8. The van der Waals surface area contributed by atoms with Crippen LogP contribution in [0.2, 0.25) is 5.02 Å². The first-order valence-corrected chi connectivity index (χ1v) is 5.05. The molecule has 0 amide bonds. The highest BCUT2D eigenvalue weighted by atomic mass is 35.5. The van der Waals surface area contributed by atoms with Gasteiger partial charge in [0, 0.05) is 10.4 Å². The summed E-state index contributed by atoms with van der Waals surface area (Å²) in [6, 6.07) is 2.40. The quantitative estimate of drug-likeness (QED) is 0.574. The Labute approximate surface area is 84.9 Å². The van der Waals surface area contributed by atoms with Crippen molar-refractivity contribution in [2.75, 3.05) is 6.26 Å². The lowest BCUT2D eigenvalue weighted by molar-refractivity contribution is 0.423. The van der Waals surface area contributed by atoms with E-state index in [1.807, 2.05) is 0 Å². The van der Waals surface area contributed by atoms with E-state index in [1.165, 1.54) is 17.8 Å². The summed E-state index contributed by atoms with van der Waals surface area (Å²) in [6.45, 7) is 0. The maximum absolute atomic E-state index is 13.0. The molecule has 6 heteroatoms. The summed E-state index contributed by atoms with van der Waals surface area (Å²) in [4.78, 5) is 0.617. The zero-order valence-electron chi connectivity index (χ0n) is 6.79. The Bertz CT molecular complexity index is 322. The van der Waals surface area contributed by atoms with Gasteiger partial charge in [-0.15, -0.1) is 11.8 Å². The van der Waals surface area contributed by atoms with Gasteiger partial charge in [0.15, 0.2) is 0 Å². The van der Waals surface area contributed by atoms with Gasteiger partial charge in [-0.1, -0.05) is 11.6 Å². The lowest BCUT2D eigenvalue weighted by Gasteiger charge is -2.05. The van der Waals surface area contributed by atoms with Crippen LogP contribution in [0.4, 0.5) is 4.39 Å². The van der Waals surface area contributed by atoms with Gasteiger partial charge in [0.25, 0.3) is 0 Å². The van der Waals surface area contributed by atoms with Gasteiger partial charge in [0.05, 0.1) is 5.02 Å². The maximum Gasteiger partial charge on any atom is 0.491 e. The first-order valence-electron chi connectivity index (χ1n) is 3.45. The molecule has 70 valence electrons. The third-order valence-corrected chi connectivity index (χ3v) is 2.75. The molecule has 2 nitrogen and oxygen atoms in total. The maximum atomic E-state index is 13.0. The third kappa shape index (κ3) is 2.37. The lowest BCUT2D eigenvalue weighted by atomic mass is 9.80. The van der Waals surface area contributed by atoms with Crippen LogP contribution in [0, 0.1) is 5.82 Å². The monoisotopic (exact) mass is 220 g/mol. The molecule has 2 N–H and O–H groups in total. The van der Waals surface area contributed by atoms with Crippen LogP contribution in [-0.2, 0) is 0 Å². The van der Waals surface area contributed by atoms with E-state index >= 15 is 0 Å². The number of benzene rings is 1. The van der Waals surface area contributed by atoms with Crippen LogP contribution < -0.4 is 5.46 Å². The van der Waals surface area contributed by atoms with E-state index in [2.05, 4.69) is 0 Å². The summed E-state index contributed by atoms with van der Waals surface area (Å²) < 4.78 is 13.0. The fraction of sp³-hybridized carbons (Fsp3) is 0.143. The Balaban J connectivity index is 3.22. The van der Waals surface area contributed by atoms with Gasteiger partial charge in [-0.25, -0.2) is 4.39 Å². The molecule has 1 aromatic carbocycles. The number of hydrogen-bond acceptors (Lipinski definition) is 3. The van der Waals surface area contributed by atoms with E-state index in [4.69, 9.17) is 21.6 Å². The molecule has 13 heavy (non-hydrogen) atoms. The highest BCUT2D eigenvalue weighted by Gasteiger charge is 2.18. The average Bonchev–Trinajstić information content (AvgIpc) is 2.03. The highest BCUT2D eigenvalue weighted by molar-refractivity contribution is 7.98. The van der Waals surface area contributed by atoms with Crippen molar-refractivity contribution in [2.45, 2.75) is 4.90 Å². The Morgan fingerprint density at radius 2 is 2.08 bits per heavy atom. The largest absolute Gasteiger partial charge is 0.491 e. The van der Waals surface area contributed by atoms with Crippen LogP contribution in [0.3, 0.4) is 0 Å². The van der Waals surface area contributed by atoms with Crippen LogP contribution in [0.25, 0.3) is 0 Å². The molecule has 1 aromatic rings. The summed E-state index contributed by atoms with van der Waals surface area (Å²) >= 11 is 7.00. The molecule has 0 heterocycles. The summed E-state index contributed by atoms with van der Waals surface area (Å²) in [5.41, 5.74) is -0.159. The Morgan fingerprint density at radius 1 is 1.46 bits per heavy atom. The average molecular weight is 220 g/mol. The Kier molecular flexibility index (Phi) is 3.61. The molecular formula is C7H7BClFO2S. The number of rotatable bonds is 2. The van der Waals surface area contributed by atoms with Crippen molar-refractivity contribution in [1.29, 1.82) is 0 Å². The zero-order valence-corrected chi connectivity index (χ0v) is 8.36. The van der Waals surface area contributed by atoms with E-state index in [0.29, 0.717) is 4.90 Å². The summed E-state index contributed by atoms with van der Waals surface area (Å²) in [6.07, 6.45) is 1.77. The van der Waals surface area contributed by atoms with Gasteiger partial charge >= 0.3 is 7.12 Å². The molecule has 0 fully saturated rings. The first kappa shape index (κ1) is 10.9. The van der Waals surface area contributed by atoms with Crippen LogP contribution in [-0.4, -0.2) is 23.4 Å². The van der Waals surface area contributed by atoms with E-state index in [-0.39, 0.29) is 10.5 Å². The SMILES string of the molecule is CSc1cc(B(O)O)c(F)cc1Cl. The van der Waals surface area contributed by atoms with Crippen LogP contribution >= 0.6 is 23.4 Å². The third-order valence-electron chi connectivity index (χ3n) is 1.55. The lowest BCUT2D eigenvalue weighted by Crippen LogP contribution is -2.32. The predicted octanol–water partition coefficient (Wildman–Crippen LogP) is 0.881. The zero-order chi connectivity index (χ0) is 10.0. The van der Waals surface area contributed by atoms with Crippen molar-refractivity contribution in [3.8, 4) is 0 Å². The van der Waals surface area contributed by atoms with Crippen molar-refractivity contribution in [2.24, 2.45) is 0 Å². The van der Waals surface area contributed by atoms with E-state index in [1.54, 1.807) is 6.26 Å². The summed E-state index contributed by atoms with van der Waals surface area (Å²) in [5.74, 6) is -0.710. The van der Waals surface area contributed by atoms with Gasteiger partial charge in [-0.3, -0.25) is 0 Å². The number of halogens is 2. The molecule has 0 aliphatic heterocycles. The minimum atomic E-state index is -1.80. The van der Waals surface area contributed by atoms with Gasteiger partial charge < -0.3 is 10.0 Å². The first-order chi connectivity index (χ1) is 6.06. The topological polar surface area (TPSA) is 40.5 Å². The minimum Gasteiger partial charge on any atom is -0.423 e. The second-order valence-electron chi connectivity index (χ2n) is 2.38. The normalized spacial score (nSPS) is 10.2. The smallest absolute Gasteiger partial charge is 0.423 e. The van der Waals surface area contributed by atoms with Gasteiger partial charge in [0.2, 0.25) is 0 Å². The van der Waals surface area contributed by atoms with Crippen molar-refractivity contribution in [3.63, 3.8) is 0 Å². The molecule has 0 aromatic heterocycles. The van der Waals surface area contributed by atoms with Crippen LogP contribution in [0.5, 0.6) is 0 Å². The summed E-state index contributed by atoms with van der Waals surface area (Å²) in [7, 11) is -1.80. The molecule has 0 spiro atoms. The van der Waals surface area contributed by atoms with E-state index in [0.717, 1.165) is 6.07 Å².